The Balaban J connectivity index is 1.79. The van der Waals surface area contributed by atoms with Crippen molar-refractivity contribution in [3.8, 4) is 0 Å². The highest BCUT2D eigenvalue weighted by Gasteiger charge is 2.12. The lowest BCUT2D eigenvalue weighted by atomic mass is 9.99. The summed E-state index contributed by atoms with van der Waals surface area (Å²) in [6, 6.07) is 0. The first-order valence-electron chi connectivity index (χ1n) is 6.72. The molecule has 1 fully saturated rings. The van der Waals surface area contributed by atoms with Crippen LogP contribution >= 0.6 is 0 Å². The standard InChI is InChI=1S/C13H27NO/c1-2-3-4-5-6-11-15-12-13-7-9-14-10-8-13/h13-14H,2-12H2,1H3. The first-order valence-corrected chi connectivity index (χ1v) is 6.72. The molecule has 0 spiro atoms. The minimum Gasteiger partial charge on any atom is -0.381 e. The minimum absolute atomic E-state index is 0.821. The topological polar surface area (TPSA) is 21.3 Å². The number of piperidine rings is 1. The fourth-order valence-electron chi connectivity index (χ4n) is 2.11. The van der Waals surface area contributed by atoms with E-state index in [-0.39, 0.29) is 0 Å². The second-order valence-corrected chi connectivity index (χ2v) is 4.68. The Morgan fingerprint density at radius 3 is 2.53 bits per heavy atom. The van der Waals surface area contributed by atoms with Crippen LogP contribution in [0, 0.1) is 5.92 Å². The van der Waals surface area contributed by atoms with Gasteiger partial charge in [0.2, 0.25) is 0 Å². The summed E-state index contributed by atoms with van der Waals surface area (Å²) in [5.41, 5.74) is 0. The van der Waals surface area contributed by atoms with Gasteiger partial charge in [-0.3, -0.25) is 0 Å². The molecule has 0 atom stereocenters. The summed E-state index contributed by atoms with van der Waals surface area (Å²) in [6.45, 7) is 6.60. The third kappa shape index (κ3) is 6.91. The number of unbranched alkanes of at least 4 members (excludes halogenated alkanes) is 4. The van der Waals surface area contributed by atoms with Crippen LogP contribution in [0.2, 0.25) is 0 Å². The van der Waals surface area contributed by atoms with E-state index in [0.29, 0.717) is 0 Å². The first kappa shape index (κ1) is 13.0. The smallest absolute Gasteiger partial charge is 0.0495 e. The van der Waals surface area contributed by atoms with Gasteiger partial charge in [-0.05, 0) is 38.3 Å². The van der Waals surface area contributed by atoms with Crippen LogP contribution in [0.3, 0.4) is 0 Å². The molecule has 0 saturated carbocycles. The second kappa shape index (κ2) is 9.17. The minimum atomic E-state index is 0.821. The van der Waals surface area contributed by atoms with Crippen LogP contribution in [0.5, 0.6) is 0 Å². The molecule has 1 heterocycles. The lowest BCUT2D eigenvalue weighted by molar-refractivity contribution is 0.0849. The van der Waals surface area contributed by atoms with E-state index < -0.39 is 0 Å². The van der Waals surface area contributed by atoms with Crippen LogP contribution in [0.4, 0.5) is 0 Å². The Hall–Kier alpha value is -0.0800. The molecule has 2 nitrogen and oxygen atoms in total. The summed E-state index contributed by atoms with van der Waals surface area (Å²) in [4.78, 5) is 0. The summed E-state index contributed by atoms with van der Waals surface area (Å²) >= 11 is 0. The normalized spacial score (nSPS) is 18.2. The van der Waals surface area contributed by atoms with Crippen LogP contribution in [-0.4, -0.2) is 26.3 Å². The Morgan fingerprint density at radius 1 is 1.07 bits per heavy atom. The van der Waals surface area contributed by atoms with Crippen molar-refractivity contribution in [2.75, 3.05) is 26.3 Å². The number of ether oxygens (including phenoxy) is 1. The highest BCUT2D eigenvalue weighted by atomic mass is 16.5. The fourth-order valence-corrected chi connectivity index (χ4v) is 2.11. The van der Waals surface area contributed by atoms with Gasteiger partial charge in [0.15, 0.2) is 0 Å². The molecule has 0 amide bonds. The SMILES string of the molecule is CCCCCCCOCC1CCNCC1. The van der Waals surface area contributed by atoms with Gasteiger partial charge in [-0.1, -0.05) is 32.6 Å². The van der Waals surface area contributed by atoms with Gasteiger partial charge >= 0.3 is 0 Å². The van der Waals surface area contributed by atoms with Crippen molar-refractivity contribution < 1.29 is 4.74 Å². The van der Waals surface area contributed by atoms with Crippen molar-refractivity contribution in [1.82, 2.24) is 5.32 Å². The highest BCUT2D eigenvalue weighted by molar-refractivity contribution is 4.67. The molecule has 0 bridgehead atoms. The zero-order chi connectivity index (χ0) is 10.8. The van der Waals surface area contributed by atoms with Crippen LogP contribution in [-0.2, 0) is 4.74 Å². The van der Waals surface area contributed by atoms with Crippen molar-refractivity contribution in [3.63, 3.8) is 0 Å². The third-order valence-corrected chi connectivity index (χ3v) is 3.20. The molecule has 15 heavy (non-hydrogen) atoms. The van der Waals surface area contributed by atoms with Crippen LogP contribution < -0.4 is 5.32 Å². The zero-order valence-electron chi connectivity index (χ0n) is 10.3. The van der Waals surface area contributed by atoms with Crippen molar-refractivity contribution >= 4 is 0 Å². The largest absolute Gasteiger partial charge is 0.381 e. The zero-order valence-corrected chi connectivity index (χ0v) is 10.3. The van der Waals surface area contributed by atoms with E-state index in [2.05, 4.69) is 12.2 Å². The van der Waals surface area contributed by atoms with E-state index in [1.165, 1.54) is 58.0 Å². The van der Waals surface area contributed by atoms with E-state index in [0.717, 1.165) is 19.1 Å². The molecule has 0 aromatic rings. The van der Waals surface area contributed by atoms with E-state index >= 15 is 0 Å². The average Bonchev–Trinajstić information content (AvgIpc) is 2.29. The van der Waals surface area contributed by atoms with Crippen molar-refractivity contribution in [1.29, 1.82) is 0 Å². The van der Waals surface area contributed by atoms with Crippen molar-refractivity contribution in [2.24, 2.45) is 5.92 Å². The number of hydrogen-bond donors (Lipinski definition) is 1. The maximum absolute atomic E-state index is 5.73. The number of nitrogens with one attached hydrogen (secondary N) is 1. The highest BCUT2D eigenvalue weighted by Crippen LogP contribution is 2.12. The third-order valence-electron chi connectivity index (χ3n) is 3.20. The summed E-state index contributed by atoms with van der Waals surface area (Å²) in [5, 5.41) is 3.38. The molecule has 0 aromatic heterocycles. The van der Waals surface area contributed by atoms with Gasteiger partial charge in [0.25, 0.3) is 0 Å². The lowest BCUT2D eigenvalue weighted by Crippen LogP contribution is -2.30. The maximum atomic E-state index is 5.73. The predicted octanol–water partition coefficient (Wildman–Crippen LogP) is 2.97. The molecule has 1 aliphatic heterocycles. The molecule has 0 radical (unpaired) electrons. The Kier molecular flexibility index (Phi) is 7.94. The van der Waals surface area contributed by atoms with Gasteiger partial charge in [-0.2, -0.15) is 0 Å². The molecule has 1 rings (SSSR count). The molecule has 0 unspecified atom stereocenters. The van der Waals surface area contributed by atoms with Crippen molar-refractivity contribution in [3.05, 3.63) is 0 Å². The fraction of sp³-hybridized carbons (Fsp3) is 1.00. The lowest BCUT2D eigenvalue weighted by Gasteiger charge is -2.22. The molecular weight excluding hydrogens is 186 g/mol. The predicted molar refractivity (Wildman–Crippen MR) is 65.2 cm³/mol. The molecule has 2 heteroatoms. The van der Waals surface area contributed by atoms with Crippen LogP contribution in [0.25, 0.3) is 0 Å². The van der Waals surface area contributed by atoms with Gasteiger partial charge in [-0.25, -0.2) is 0 Å². The van der Waals surface area contributed by atoms with E-state index in [1.54, 1.807) is 0 Å². The second-order valence-electron chi connectivity index (χ2n) is 4.68. The first-order chi connectivity index (χ1) is 7.43. The van der Waals surface area contributed by atoms with Gasteiger partial charge in [-0.15, -0.1) is 0 Å². The van der Waals surface area contributed by atoms with E-state index in [4.69, 9.17) is 4.74 Å². The van der Waals surface area contributed by atoms with E-state index in [9.17, 15) is 0 Å². The molecule has 1 aliphatic rings. The molecular formula is C13H27NO. The molecule has 0 aliphatic carbocycles. The number of rotatable bonds is 8. The summed E-state index contributed by atoms with van der Waals surface area (Å²) in [7, 11) is 0. The Bertz CT molecular complexity index is 132. The maximum Gasteiger partial charge on any atom is 0.0495 e. The quantitative estimate of drug-likeness (QED) is 0.626. The van der Waals surface area contributed by atoms with Crippen LogP contribution in [0.1, 0.15) is 51.9 Å². The van der Waals surface area contributed by atoms with Gasteiger partial charge in [0, 0.05) is 13.2 Å². The molecule has 0 aromatic carbocycles. The monoisotopic (exact) mass is 213 g/mol. The molecule has 90 valence electrons. The van der Waals surface area contributed by atoms with Gasteiger partial charge in [0.05, 0.1) is 0 Å². The van der Waals surface area contributed by atoms with Gasteiger partial charge < -0.3 is 10.1 Å². The van der Waals surface area contributed by atoms with Crippen LogP contribution in [0.15, 0.2) is 0 Å². The summed E-state index contributed by atoms with van der Waals surface area (Å²) < 4.78 is 5.73. The summed E-state index contributed by atoms with van der Waals surface area (Å²) in [6.07, 6.45) is 9.30. The Labute approximate surface area is 94.8 Å². The summed E-state index contributed by atoms with van der Waals surface area (Å²) in [5.74, 6) is 0.821. The van der Waals surface area contributed by atoms with Gasteiger partial charge in [0.1, 0.15) is 0 Å². The Morgan fingerprint density at radius 2 is 1.80 bits per heavy atom. The van der Waals surface area contributed by atoms with Crippen molar-refractivity contribution in [2.45, 2.75) is 51.9 Å². The molecule has 1 saturated heterocycles. The number of hydrogen-bond acceptors (Lipinski definition) is 2. The average molecular weight is 213 g/mol. The molecule has 1 N–H and O–H groups in total. The van der Waals surface area contributed by atoms with E-state index in [1.807, 2.05) is 0 Å².